The molecule has 1 aromatic rings. The summed E-state index contributed by atoms with van der Waals surface area (Å²) in [6, 6.07) is 4.09. The van der Waals surface area contributed by atoms with Gasteiger partial charge in [0.1, 0.15) is 5.82 Å². The summed E-state index contributed by atoms with van der Waals surface area (Å²) in [7, 11) is -0.724. The van der Waals surface area contributed by atoms with Crippen molar-refractivity contribution in [3.05, 3.63) is 29.6 Å². The fourth-order valence-electron chi connectivity index (χ4n) is 3.04. The quantitative estimate of drug-likeness (QED) is 0.753. The Labute approximate surface area is 151 Å². The van der Waals surface area contributed by atoms with Crippen LogP contribution in [0.15, 0.2) is 18.2 Å². The highest BCUT2D eigenvalue weighted by atomic mass is 19.3. The van der Waals surface area contributed by atoms with Gasteiger partial charge in [-0.05, 0) is 45.3 Å². The standard InChI is InChI=1S/C18H23BF3NO3/c1-16(2)17(3,4)26-19(25-16)12-5-6-14(20)13(11-12)15(24)23-9-7-18(21,22)8-10-23/h5-6,11H,7-10H2,1-4H3. The number of benzene rings is 1. The van der Waals surface area contributed by atoms with E-state index in [2.05, 4.69) is 0 Å². The van der Waals surface area contributed by atoms with Gasteiger partial charge in [-0.2, -0.15) is 0 Å². The first kappa shape index (κ1) is 19.2. The molecule has 0 atom stereocenters. The van der Waals surface area contributed by atoms with E-state index in [0.717, 1.165) is 0 Å². The predicted octanol–water partition coefficient (Wildman–Crippen LogP) is 3.00. The summed E-state index contributed by atoms with van der Waals surface area (Å²) in [4.78, 5) is 13.9. The maximum absolute atomic E-state index is 14.2. The van der Waals surface area contributed by atoms with Crippen molar-refractivity contribution in [2.24, 2.45) is 0 Å². The molecule has 0 radical (unpaired) electrons. The second-order valence-electron chi connectivity index (χ2n) is 7.98. The summed E-state index contributed by atoms with van der Waals surface area (Å²) in [5.74, 6) is -4.04. The van der Waals surface area contributed by atoms with Gasteiger partial charge in [-0.3, -0.25) is 4.79 Å². The molecule has 3 rings (SSSR count). The lowest BCUT2D eigenvalue weighted by Gasteiger charge is -2.32. The predicted molar refractivity (Wildman–Crippen MR) is 92.2 cm³/mol. The molecule has 0 spiro atoms. The van der Waals surface area contributed by atoms with E-state index in [-0.39, 0.29) is 18.7 Å². The lowest BCUT2D eigenvalue weighted by atomic mass is 9.78. The van der Waals surface area contributed by atoms with Crippen molar-refractivity contribution in [1.29, 1.82) is 0 Å². The molecule has 8 heteroatoms. The number of alkyl halides is 2. The van der Waals surface area contributed by atoms with Crippen LogP contribution in [0.2, 0.25) is 0 Å². The van der Waals surface area contributed by atoms with Gasteiger partial charge in [0.05, 0.1) is 16.8 Å². The Bertz CT molecular complexity index is 698. The average Bonchev–Trinajstić information content (AvgIpc) is 2.75. The van der Waals surface area contributed by atoms with Gasteiger partial charge in [0.15, 0.2) is 0 Å². The van der Waals surface area contributed by atoms with Crippen LogP contribution in [0.25, 0.3) is 0 Å². The molecule has 2 fully saturated rings. The molecule has 142 valence electrons. The number of piperidine rings is 1. The summed E-state index contributed by atoms with van der Waals surface area (Å²) in [5, 5.41) is 0. The topological polar surface area (TPSA) is 38.8 Å². The number of carbonyl (C=O) groups excluding carboxylic acids is 1. The van der Waals surface area contributed by atoms with Gasteiger partial charge in [-0.25, -0.2) is 13.2 Å². The minimum atomic E-state index is -2.76. The summed E-state index contributed by atoms with van der Waals surface area (Å²) < 4.78 is 52.7. The molecule has 0 bridgehead atoms. The first-order valence-electron chi connectivity index (χ1n) is 8.74. The van der Waals surface area contributed by atoms with Crippen molar-refractivity contribution in [1.82, 2.24) is 4.90 Å². The number of carbonyl (C=O) groups is 1. The minimum absolute atomic E-state index is 0.0913. The van der Waals surface area contributed by atoms with Crippen molar-refractivity contribution < 1.29 is 27.3 Å². The molecule has 26 heavy (non-hydrogen) atoms. The number of hydrogen-bond acceptors (Lipinski definition) is 3. The zero-order valence-corrected chi connectivity index (χ0v) is 15.4. The third-order valence-electron chi connectivity index (χ3n) is 5.53. The Balaban J connectivity index is 1.82. The fraction of sp³-hybridized carbons (Fsp3) is 0.611. The Hall–Kier alpha value is -1.54. The van der Waals surface area contributed by atoms with Gasteiger partial charge in [-0.1, -0.05) is 6.07 Å². The number of likely N-dealkylation sites (tertiary alicyclic amines) is 1. The Morgan fingerprint density at radius 1 is 1.08 bits per heavy atom. The molecular weight excluding hydrogens is 346 g/mol. The van der Waals surface area contributed by atoms with Gasteiger partial charge in [0.25, 0.3) is 11.8 Å². The van der Waals surface area contributed by atoms with E-state index in [0.29, 0.717) is 5.46 Å². The van der Waals surface area contributed by atoms with Crippen LogP contribution in [0.3, 0.4) is 0 Å². The highest BCUT2D eigenvalue weighted by molar-refractivity contribution is 6.62. The van der Waals surface area contributed by atoms with Crippen LogP contribution in [0.1, 0.15) is 50.9 Å². The third kappa shape index (κ3) is 3.49. The van der Waals surface area contributed by atoms with E-state index in [1.54, 1.807) is 0 Å². The first-order chi connectivity index (χ1) is 11.9. The molecule has 2 aliphatic rings. The number of hydrogen-bond donors (Lipinski definition) is 0. The zero-order valence-electron chi connectivity index (χ0n) is 15.4. The second-order valence-corrected chi connectivity index (χ2v) is 7.98. The molecule has 2 aliphatic heterocycles. The third-order valence-corrected chi connectivity index (χ3v) is 5.53. The Morgan fingerprint density at radius 3 is 2.15 bits per heavy atom. The van der Waals surface area contributed by atoms with Crippen molar-refractivity contribution >= 4 is 18.5 Å². The van der Waals surface area contributed by atoms with Gasteiger partial charge in [0.2, 0.25) is 0 Å². The van der Waals surface area contributed by atoms with Gasteiger partial charge >= 0.3 is 7.12 Å². The minimum Gasteiger partial charge on any atom is -0.399 e. The number of amides is 1. The normalized spacial score (nSPS) is 24.0. The summed E-state index contributed by atoms with van der Waals surface area (Å²) in [5.41, 5.74) is -0.748. The molecule has 0 aromatic heterocycles. The molecule has 0 saturated carbocycles. The summed E-state index contributed by atoms with van der Waals surface area (Å²) >= 11 is 0. The summed E-state index contributed by atoms with van der Waals surface area (Å²) in [6.45, 7) is 7.41. The molecule has 0 aliphatic carbocycles. The molecule has 0 unspecified atom stereocenters. The van der Waals surface area contributed by atoms with E-state index in [9.17, 15) is 18.0 Å². The van der Waals surface area contributed by atoms with Crippen molar-refractivity contribution in [2.45, 2.75) is 57.7 Å². The van der Waals surface area contributed by atoms with Crippen molar-refractivity contribution in [3.8, 4) is 0 Å². The van der Waals surface area contributed by atoms with Crippen molar-refractivity contribution in [2.75, 3.05) is 13.1 Å². The molecule has 0 N–H and O–H groups in total. The second kappa shape index (κ2) is 6.27. The Kier molecular flexibility index (Phi) is 4.64. The van der Waals surface area contributed by atoms with E-state index in [1.807, 2.05) is 27.7 Å². The molecule has 4 nitrogen and oxygen atoms in total. The molecule has 2 saturated heterocycles. The molecular formula is C18H23BF3NO3. The van der Waals surface area contributed by atoms with E-state index >= 15 is 0 Å². The Morgan fingerprint density at radius 2 is 1.62 bits per heavy atom. The van der Waals surface area contributed by atoms with Crippen LogP contribution in [0.5, 0.6) is 0 Å². The summed E-state index contributed by atoms with van der Waals surface area (Å²) in [6.07, 6.45) is -0.811. The lowest BCUT2D eigenvalue weighted by Crippen LogP contribution is -2.43. The monoisotopic (exact) mass is 369 g/mol. The van der Waals surface area contributed by atoms with E-state index in [4.69, 9.17) is 9.31 Å². The highest BCUT2D eigenvalue weighted by Crippen LogP contribution is 2.36. The highest BCUT2D eigenvalue weighted by Gasteiger charge is 2.51. The van der Waals surface area contributed by atoms with Crippen LogP contribution in [0, 0.1) is 5.82 Å². The average molecular weight is 369 g/mol. The van der Waals surface area contributed by atoms with E-state index in [1.165, 1.54) is 23.1 Å². The zero-order chi connectivity index (χ0) is 19.3. The van der Waals surface area contributed by atoms with Crippen LogP contribution in [-0.4, -0.2) is 48.1 Å². The molecule has 1 amide bonds. The van der Waals surface area contributed by atoms with Crippen LogP contribution < -0.4 is 5.46 Å². The lowest BCUT2D eigenvalue weighted by molar-refractivity contribution is -0.0494. The SMILES string of the molecule is CC1(C)OB(c2ccc(F)c(C(=O)N3CCC(F)(F)CC3)c2)OC1(C)C. The largest absolute Gasteiger partial charge is 0.494 e. The maximum atomic E-state index is 14.2. The van der Waals surface area contributed by atoms with Crippen LogP contribution in [-0.2, 0) is 9.31 Å². The molecule has 1 aromatic carbocycles. The van der Waals surface area contributed by atoms with E-state index < -0.39 is 48.8 Å². The first-order valence-corrected chi connectivity index (χ1v) is 8.74. The number of halogens is 3. The van der Waals surface area contributed by atoms with Gasteiger partial charge in [0, 0.05) is 25.9 Å². The maximum Gasteiger partial charge on any atom is 0.494 e. The van der Waals surface area contributed by atoms with Gasteiger partial charge in [-0.15, -0.1) is 0 Å². The number of rotatable bonds is 2. The van der Waals surface area contributed by atoms with Crippen LogP contribution >= 0.6 is 0 Å². The molecule has 2 heterocycles. The van der Waals surface area contributed by atoms with Gasteiger partial charge < -0.3 is 14.2 Å². The van der Waals surface area contributed by atoms with Crippen LogP contribution in [0.4, 0.5) is 13.2 Å². The smallest absolute Gasteiger partial charge is 0.399 e. The van der Waals surface area contributed by atoms with Crippen molar-refractivity contribution in [3.63, 3.8) is 0 Å². The number of nitrogens with zero attached hydrogens (tertiary/aromatic N) is 1. The fourth-order valence-corrected chi connectivity index (χ4v) is 3.04.